The van der Waals surface area contributed by atoms with Crippen LogP contribution in [-0.4, -0.2) is 66.6 Å². The monoisotopic (exact) mass is 720 g/mol. The van der Waals surface area contributed by atoms with E-state index in [1.54, 1.807) is 58.9 Å². The van der Waals surface area contributed by atoms with E-state index in [0.717, 1.165) is 17.9 Å². The number of nitrogens with one attached hydrogen (secondary N) is 3. The van der Waals surface area contributed by atoms with E-state index in [0.29, 0.717) is 60.5 Å². The van der Waals surface area contributed by atoms with Crippen LogP contribution in [-0.2, 0) is 19.2 Å². The number of hydrogen-bond donors (Lipinski definition) is 3. The van der Waals surface area contributed by atoms with E-state index in [-0.39, 0.29) is 24.4 Å². The summed E-state index contributed by atoms with van der Waals surface area (Å²) in [5.41, 5.74) is 0.808. The Hall–Kier alpha value is -5.66. The Morgan fingerprint density at radius 2 is 1.65 bits per heavy atom. The van der Waals surface area contributed by atoms with E-state index in [4.69, 9.17) is 18.7 Å². The fraction of sp³-hybridized carbons (Fsp3) is 0.421. The maximum Gasteiger partial charge on any atom is 0.412 e. The number of unbranched alkanes of at least 4 members (excludes halogenated alkanes) is 2. The van der Waals surface area contributed by atoms with Crippen LogP contribution in [0.3, 0.4) is 0 Å². The third-order valence-corrected chi connectivity index (χ3v) is 7.79. The summed E-state index contributed by atoms with van der Waals surface area (Å²) in [7, 11) is 0. The predicted molar refractivity (Wildman–Crippen MR) is 193 cm³/mol. The lowest BCUT2D eigenvalue weighted by atomic mass is 9.90. The van der Waals surface area contributed by atoms with Gasteiger partial charge in [-0.25, -0.2) is 9.59 Å². The lowest BCUT2D eigenvalue weighted by Crippen LogP contribution is -2.49. The van der Waals surface area contributed by atoms with Crippen molar-refractivity contribution in [2.24, 2.45) is 5.92 Å². The van der Waals surface area contributed by atoms with Crippen molar-refractivity contribution in [2.45, 2.75) is 85.3 Å². The summed E-state index contributed by atoms with van der Waals surface area (Å²) in [6, 6.07) is 13.1. The van der Waals surface area contributed by atoms with Gasteiger partial charge in [-0.05, 0) is 89.1 Å². The number of anilines is 1. The Morgan fingerprint density at radius 3 is 2.27 bits per heavy atom. The van der Waals surface area contributed by atoms with Gasteiger partial charge in [0.1, 0.15) is 17.1 Å². The Labute approximate surface area is 303 Å². The van der Waals surface area contributed by atoms with Gasteiger partial charge in [-0.2, -0.15) is 5.06 Å². The maximum atomic E-state index is 13.5. The van der Waals surface area contributed by atoms with Crippen LogP contribution in [0.2, 0.25) is 0 Å². The van der Waals surface area contributed by atoms with Crippen LogP contribution in [0.15, 0.2) is 59.0 Å². The van der Waals surface area contributed by atoms with Crippen LogP contribution in [0.5, 0.6) is 5.75 Å². The van der Waals surface area contributed by atoms with Crippen LogP contribution >= 0.6 is 0 Å². The van der Waals surface area contributed by atoms with Gasteiger partial charge in [-0.1, -0.05) is 39.2 Å². The van der Waals surface area contributed by atoms with Crippen molar-refractivity contribution >= 4 is 42.3 Å². The molecule has 0 aliphatic carbocycles. The number of benzene rings is 2. The molecule has 3 aromatic rings. The zero-order valence-electron chi connectivity index (χ0n) is 30.5. The lowest BCUT2D eigenvalue weighted by Gasteiger charge is -2.31. The number of ether oxygens (including phenoxy) is 2. The Morgan fingerprint density at radius 1 is 0.923 bits per heavy atom. The number of rotatable bonds is 19. The molecule has 0 saturated carbocycles. The van der Waals surface area contributed by atoms with E-state index < -0.39 is 41.4 Å². The van der Waals surface area contributed by atoms with Crippen molar-refractivity contribution in [1.29, 1.82) is 0 Å². The van der Waals surface area contributed by atoms with Gasteiger partial charge < -0.3 is 29.4 Å². The van der Waals surface area contributed by atoms with Gasteiger partial charge in [0, 0.05) is 11.3 Å². The summed E-state index contributed by atoms with van der Waals surface area (Å²) in [5.74, 6) is -1.84. The molecule has 0 fully saturated rings. The molecule has 0 aliphatic heterocycles. The second-order valence-corrected chi connectivity index (χ2v) is 12.8. The number of aldehydes is 1. The first-order valence-corrected chi connectivity index (χ1v) is 17.3. The summed E-state index contributed by atoms with van der Waals surface area (Å²) in [4.78, 5) is 80.5. The quantitative estimate of drug-likeness (QED) is 0.0534. The number of amides is 4. The standard InChI is InChI=1S/C38H48N4O10/c1-7-10-11-12-29(30(8-2)42(24-44)52-36(47)25-15-17-28(18-16-25)41-37(48)51-38(4,5)6)34(45)39-23-40-35(46)32-20-19-31(50-32)26-13-14-27(22-43)33(21-26)49-9-3/h13-22,24,29-30H,7-12,23H2,1-6H3,(H,39,45)(H,40,46)(H,41,48). The average molecular weight is 721 g/mol. The zero-order chi connectivity index (χ0) is 38.3. The number of furan rings is 1. The second kappa shape index (κ2) is 19.7. The molecule has 1 heterocycles. The minimum atomic E-state index is -0.832. The van der Waals surface area contributed by atoms with Crippen LogP contribution < -0.4 is 20.7 Å². The molecule has 52 heavy (non-hydrogen) atoms. The Bertz CT molecular complexity index is 1680. The molecule has 3 N–H and O–H groups in total. The Kier molecular flexibility index (Phi) is 15.4. The van der Waals surface area contributed by atoms with Gasteiger partial charge in [-0.15, -0.1) is 0 Å². The largest absolute Gasteiger partial charge is 0.493 e. The van der Waals surface area contributed by atoms with Gasteiger partial charge in [0.25, 0.3) is 5.91 Å². The van der Waals surface area contributed by atoms with Crippen molar-refractivity contribution < 1.29 is 47.5 Å². The minimum Gasteiger partial charge on any atom is -0.493 e. The van der Waals surface area contributed by atoms with Gasteiger partial charge in [-0.3, -0.25) is 24.5 Å². The molecular weight excluding hydrogens is 672 g/mol. The zero-order valence-corrected chi connectivity index (χ0v) is 30.5. The summed E-state index contributed by atoms with van der Waals surface area (Å²) in [6.07, 6.45) is 3.50. The van der Waals surface area contributed by atoms with E-state index in [2.05, 4.69) is 16.0 Å². The molecule has 4 amide bonds. The molecule has 3 rings (SSSR count). The topological polar surface area (TPSA) is 183 Å². The molecule has 0 spiro atoms. The first-order chi connectivity index (χ1) is 24.8. The van der Waals surface area contributed by atoms with Crippen molar-refractivity contribution in [3.05, 3.63) is 71.5 Å². The Balaban J connectivity index is 1.64. The summed E-state index contributed by atoms with van der Waals surface area (Å²) >= 11 is 0. The van der Waals surface area contributed by atoms with Crippen LogP contribution in [0.4, 0.5) is 10.5 Å². The van der Waals surface area contributed by atoms with Crippen molar-refractivity contribution in [3.63, 3.8) is 0 Å². The average Bonchev–Trinajstić information content (AvgIpc) is 3.61. The van der Waals surface area contributed by atoms with Gasteiger partial charge in [0.15, 0.2) is 12.0 Å². The molecule has 2 aromatic carbocycles. The SMILES string of the molecule is CCCCCC(C(=O)NCNC(=O)c1ccc(-c2ccc(C=O)c(OCC)c2)o1)C(CC)N(C=O)OC(=O)c1ccc(NC(=O)OC(C)(C)C)cc1. The molecule has 2 unspecified atom stereocenters. The number of carbonyl (C=O) groups excluding carboxylic acids is 6. The molecule has 2 atom stereocenters. The fourth-order valence-electron chi connectivity index (χ4n) is 5.29. The molecule has 0 saturated heterocycles. The highest BCUT2D eigenvalue weighted by molar-refractivity contribution is 5.93. The molecule has 0 radical (unpaired) electrons. The molecule has 1 aromatic heterocycles. The van der Waals surface area contributed by atoms with Crippen LogP contribution in [0.25, 0.3) is 11.3 Å². The second-order valence-electron chi connectivity index (χ2n) is 12.8. The van der Waals surface area contributed by atoms with E-state index in [1.165, 1.54) is 30.3 Å². The summed E-state index contributed by atoms with van der Waals surface area (Å²) < 4.78 is 16.5. The summed E-state index contributed by atoms with van der Waals surface area (Å²) in [6.45, 7) is 10.9. The molecule has 0 bridgehead atoms. The van der Waals surface area contributed by atoms with E-state index in [1.807, 2.05) is 6.92 Å². The highest BCUT2D eigenvalue weighted by atomic mass is 16.7. The number of nitrogens with zero attached hydrogens (tertiary/aromatic N) is 1. The molecule has 14 heteroatoms. The molecule has 14 nitrogen and oxygen atoms in total. The first kappa shape index (κ1) is 40.8. The van der Waals surface area contributed by atoms with Crippen LogP contribution in [0.1, 0.15) is 105 Å². The highest BCUT2D eigenvalue weighted by Gasteiger charge is 2.33. The van der Waals surface area contributed by atoms with E-state index in [9.17, 15) is 28.8 Å². The smallest absolute Gasteiger partial charge is 0.412 e. The summed E-state index contributed by atoms with van der Waals surface area (Å²) in [5, 5.41) is 8.75. The number of hydrogen-bond acceptors (Lipinski definition) is 10. The number of hydroxylamine groups is 2. The van der Waals surface area contributed by atoms with Crippen molar-refractivity contribution in [3.8, 4) is 17.1 Å². The highest BCUT2D eigenvalue weighted by Crippen LogP contribution is 2.28. The van der Waals surface area contributed by atoms with Crippen LogP contribution in [0, 0.1) is 5.92 Å². The molecular formula is C38H48N4O10. The van der Waals surface area contributed by atoms with Gasteiger partial charge >= 0.3 is 12.1 Å². The molecule has 280 valence electrons. The number of carbonyl (C=O) groups is 6. The fourth-order valence-corrected chi connectivity index (χ4v) is 5.29. The van der Waals surface area contributed by atoms with Crippen molar-refractivity contribution in [1.82, 2.24) is 15.7 Å². The third kappa shape index (κ3) is 12.0. The maximum absolute atomic E-state index is 13.5. The lowest BCUT2D eigenvalue weighted by molar-refractivity contribution is -0.171. The van der Waals surface area contributed by atoms with Gasteiger partial charge in [0.05, 0.1) is 36.4 Å². The molecule has 0 aliphatic rings. The third-order valence-electron chi connectivity index (χ3n) is 7.79. The van der Waals surface area contributed by atoms with Gasteiger partial charge in [0.2, 0.25) is 12.3 Å². The first-order valence-electron chi connectivity index (χ1n) is 17.3. The normalized spacial score (nSPS) is 12.1. The van der Waals surface area contributed by atoms with Crippen molar-refractivity contribution in [2.75, 3.05) is 18.6 Å². The minimum absolute atomic E-state index is 0.000277. The van der Waals surface area contributed by atoms with E-state index >= 15 is 0 Å². The predicted octanol–water partition coefficient (Wildman–Crippen LogP) is 6.51.